The van der Waals surface area contributed by atoms with Crippen LogP contribution in [0, 0.1) is 6.92 Å². The van der Waals surface area contributed by atoms with Crippen LogP contribution in [0.15, 0.2) is 51.7 Å². The van der Waals surface area contributed by atoms with Crippen molar-refractivity contribution in [2.75, 3.05) is 35.6 Å². The van der Waals surface area contributed by atoms with E-state index in [1.807, 2.05) is 0 Å². The third-order valence-corrected chi connectivity index (χ3v) is 8.24. The van der Waals surface area contributed by atoms with Gasteiger partial charge in [-0.2, -0.15) is 4.98 Å². The summed E-state index contributed by atoms with van der Waals surface area (Å²) in [5, 5.41) is 8.09. The Morgan fingerprint density at radius 3 is 2.81 bits per heavy atom. The number of aryl methyl sites for hydroxylation is 1. The summed E-state index contributed by atoms with van der Waals surface area (Å²) in [6, 6.07) is 16.3. The van der Waals surface area contributed by atoms with Crippen molar-refractivity contribution < 1.29 is 0 Å². The zero-order valence-corrected chi connectivity index (χ0v) is 18.7. The average Bonchev–Trinajstić information content (AvgIpc) is 3.58. The van der Waals surface area contributed by atoms with Gasteiger partial charge in [0.1, 0.15) is 5.82 Å². The number of nitrogens with one attached hydrogen (secondary N) is 2. The molecule has 160 valence electrons. The maximum absolute atomic E-state index is 5.15. The fraction of sp³-hybridized carbons (Fsp3) is 0.417. The first-order valence-electron chi connectivity index (χ1n) is 11.2. The largest absolute Gasteiger partial charge is 0.364 e. The zero-order valence-electron chi connectivity index (χ0n) is 17.8. The van der Waals surface area contributed by atoms with Crippen LogP contribution in [0.4, 0.5) is 11.8 Å². The van der Waals surface area contributed by atoms with Crippen LogP contribution in [0.5, 0.6) is 0 Å². The summed E-state index contributed by atoms with van der Waals surface area (Å²) < 4.78 is 5.15. The summed E-state index contributed by atoms with van der Waals surface area (Å²) in [4.78, 5) is 13.8. The molecule has 6 nitrogen and oxygen atoms in total. The Hall–Kier alpha value is -2.51. The van der Waals surface area contributed by atoms with Gasteiger partial charge in [0.15, 0.2) is 0 Å². The highest BCUT2D eigenvalue weighted by molar-refractivity contribution is 7.87. The van der Waals surface area contributed by atoms with E-state index in [-0.39, 0.29) is 10.7 Å². The Balaban J connectivity index is 1.39. The monoisotopic (exact) mass is 432 g/mol. The average molecular weight is 433 g/mol. The summed E-state index contributed by atoms with van der Waals surface area (Å²) in [6.07, 6.45) is 2.52. The molecule has 3 aromatic rings. The fourth-order valence-electron chi connectivity index (χ4n) is 4.16. The minimum atomic E-state index is -0.0321. The van der Waals surface area contributed by atoms with Gasteiger partial charge < -0.3 is 15.5 Å². The first-order chi connectivity index (χ1) is 15.2. The number of aromatic nitrogens is 2. The molecule has 0 amide bonds. The molecule has 7 heteroatoms. The van der Waals surface area contributed by atoms with Crippen molar-refractivity contribution in [2.24, 2.45) is 4.36 Å². The Bertz CT molecular complexity index is 1170. The highest BCUT2D eigenvalue weighted by Gasteiger charge is 2.26. The summed E-state index contributed by atoms with van der Waals surface area (Å²) in [5.41, 5.74) is 3.59. The van der Waals surface area contributed by atoms with Crippen molar-refractivity contribution >= 4 is 33.4 Å². The molecular weight excluding hydrogens is 404 g/mol. The first-order valence-corrected chi connectivity index (χ1v) is 12.6. The summed E-state index contributed by atoms with van der Waals surface area (Å²) in [7, 11) is -0.0321. The number of hydrogen-bond acceptors (Lipinski definition) is 6. The molecule has 1 unspecified atom stereocenters. The third kappa shape index (κ3) is 3.92. The molecule has 2 aliphatic heterocycles. The van der Waals surface area contributed by atoms with E-state index < -0.39 is 0 Å². The highest BCUT2D eigenvalue weighted by atomic mass is 32.2. The molecule has 0 bridgehead atoms. The molecule has 3 heterocycles. The molecule has 1 saturated carbocycles. The van der Waals surface area contributed by atoms with Gasteiger partial charge in [-0.15, -0.1) is 0 Å². The van der Waals surface area contributed by atoms with Gasteiger partial charge >= 0.3 is 0 Å². The Labute approximate surface area is 185 Å². The minimum Gasteiger partial charge on any atom is -0.364 e. The molecule has 2 fully saturated rings. The number of benzene rings is 2. The van der Waals surface area contributed by atoms with Gasteiger partial charge in [-0.3, -0.25) is 4.36 Å². The zero-order chi connectivity index (χ0) is 20.8. The van der Waals surface area contributed by atoms with E-state index in [0.29, 0.717) is 12.1 Å². The molecule has 1 aromatic heterocycles. The fourth-order valence-corrected chi connectivity index (χ4v) is 6.24. The van der Waals surface area contributed by atoms with Crippen molar-refractivity contribution in [3.05, 3.63) is 53.6 Å². The lowest BCUT2D eigenvalue weighted by molar-refractivity contribution is 0.471. The molecule has 2 aromatic carbocycles. The van der Waals surface area contributed by atoms with Gasteiger partial charge in [-0.05, 0) is 43.5 Å². The van der Waals surface area contributed by atoms with Crippen molar-refractivity contribution in [1.82, 2.24) is 15.3 Å². The lowest BCUT2D eigenvalue weighted by Crippen LogP contribution is -2.51. The molecule has 0 spiro atoms. The van der Waals surface area contributed by atoms with E-state index in [1.165, 1.54) is 28.9 Å². The number of rotatable bonds is 4. The van der Waals surface area contributed by atoms with Crippen LogP contribution in [-0.4, -0.2) is 47.4 Å². The standard InChI is InChI=1S/C24H28N6S/c1-16-6-9-21-20(12-16)23(26-19-13-25-14-19)28-24(27-21)30-10-11-31(29-18-7-8-18)22-5-3-2-4-17(22)15-30/h2-6,9,12,18-19,25H,7-8,10-11,13-15H2,1H3,(H,26,27,28). The SMILES string of the molecule is Cc1ccc2nc(N3CCS(=NC4CC4)c4ccccc4C3)nc(NC3CNC3)c2c1. The van der Waals surface area contributed by atoms with E-state index in [9.17, 15) is 0 Å². The van der Waals surface area contributed by atoms with Crippen molar-refractivity contribution in [3.63, 3.8) is 0 Å². The number of nitrogens with zero attached hydrogens (tertiary/aromatic N) is 4. The van der Waals surface area contributed by atoms with Gasteiger partial charge in [-0.25, -0.2) is 4.98 Å². The molecular formula is C24H28N6S. The van der Waals surface area contributed by atoms with Crippen LogP contribution < -0.4 is 15.5 Å². The topological polar surface area (TPSA) is 65.4 Å². The second kappa shape index (κ2) is 7.88. The molecule has 6 rings (SSSR count). The normalized spacial score (nSPS) is 21.6. The van der Waals surface area contributed by atoms with Gasteiger partial charge in [0, 0.05) is 42.2 Å². The highest BCUT2D eigenvalue weighted by Crippen LogP contribution is 2.31. The van der Waals surface area contributed by atoms with Crippen molar-refractivity contribution in [3.8, 4) is 0 Å². The first kappa shape index (κ1) is 19.2. The minimum absolute atomic E-state index is 0.0321. The summed E-state index contributed by atoms with van der Waals surface area (Å²) in [6.45, 7) is 5.85. The maximum atomic E-state index is 5.15. The third-order valence-electron chi connectivity index (χ3n) is 6.21. The van der Waals surface area contributed by atoms with Crippen molar-refractivity contribution in [1.29, 1.82) is 0 Å². The van der Waals surface area contributed by atoms with Crippen molar-refractivity contribution in [2.45, 2.75) is 43.3 Å². The lowest BCUT2D eigenvalue weighted by atomic mass is 10.1. The molecule has 1 atom stereocenters. The van der Waals surface area contributed by atoms with Gasteiger partial charge in [-0.1, -0.05) is 40.5 Å². The van der Waals surface area contributed by atoms with Crippen LogP contribution in [0.3, 0.4) is 0 Å². The van der Waals surface area contributed by atoms with E-state index in [4.69, 9.17) is 14.3 Å². The Morgan fingerprint density at radius 1 is 1.13 bits per heavy atom. The van der Waals surface area contributed by atoms with Gasteiger partial charge in [0.05, 0.1) is 17.6 Å². The molecule has 1 aliphatic carbocycles. The number of anilines is 2. The van der Waals surface area contributed by atoms with Crippen LogP contribution in [0.1, 0.15) is 24.0 Å². The predicted octanol–water partition coefficient (Wildman–Crippen LogP) is 3.67. The van der Waals surface area contributed by atoms with Gasteiger partial charge in [0.25, 0.3) is 0 Å². The maximum Gasteiger partial charge on any atom is 0.228 e. The molecule has 2 N–H and O–H groups in total. The smallest absolute Gasteiger partial charge is 0.228 e. The molecule has 31 heavy (non-hydrogen) atoms. The van der Waals surface area contributed by atoms with Gasteiger partial charge in [0.2, 0.25) is 5.95 Å². The van der Waals surface area contributed by atoms with Crippen LogP contribution in [0.25, 0.3) is 10.9 Å². The van der Waals surface area contributed by atoms with E-state index >= 15 is 0 Å². The number of hydrogen-bond donors (Lipinski definition) is 2. The summed E-state index contributed by atoms with van der Waals surface area (Å²) in [5.74, 6) is 2.81. The second-order valence-corrected chi connectivity index (χ2v) is 10.6. The van der Waals surface area contributed by atoms with Crippen LogP contribution in [0.2, 0.25) is 0 Å². The van der Waals surface area contributed by atoms with E-state index in [2.05, 4.69) is 64.9 Å². The van der Waals surface area contributed by atoms with Crippen LogP contribution >= 0.6 is 0 Å². The second-order valence-electron chi connectivity index (χ2n) is 8.83. The number of fused-ring (bicyclic) bond motifs is 2. The summed E-state index contributed by atoms with van der Waals surface area (Å²) >= 11 is 0. The molecule has 3 aliphatic rings. The Kier molecular flexibility index (Phi) is 4.88. The van der Waals surface area contributed by atoms with E-state index in [1.54, 1.807) is 0 Å². The predicted molar refractivity (Wildman–Crippen MR) is 128 cm³/mol. The molecule has 1 saturated heterocycles. The van der Waals surface area contributed by atoms with E-state index in [0.717, 1.165) is 54.6 Å². The Morgan fingerprint density at radius 2 is 2.00 bits per heavy atom. The lowest BCUT2D eigenvalue weighted by Gasteiger charge is -2.29. The quantitative estimate of drug-likeness (QED) is 0.659. The molecule has 0 radical (unpaired) electrons. The van der Waals surface area contributed by atoms with Crippen LogP contribution in [-0.2, 0) is 17.2 Å².